The van der Waals surface area contributed by atoms with Gasteiger partial charge < -0.3 is 26.0 Å². The van der Waals surface area contributed by atoms with Crippen molar-refractivity contribution < 1.29 is 14.3 Å². The van der Waals surface area contributed by atoms with Gasteiger partial charge in [-0.2, -0.15) is 0 Å². The summed E-state index contributed by atoms with van der Waals surface area (Å²) in [7, 11) is 0. The van der Waals surface area contributed by atoms with Gasteiger partial charge in [-0.25, -0.2) is 0 Å². The molecule has 0 spiro atoms. The normalized spacial score (nSPS) is 17.9. The van der Waals surface area contributed by atoms with E-state index < -0.39 is 0 Å². The van der Waals surface area contributed by atoms with E-state index in [0.717, 1.165) is 64.3 Å². The van der Waals surface area contributed by atoms with Crippen molar-refractivity contribution in [1.82, 2.24) is 26.2 Å². The number of hydrogen-bond donors (Lipinski definition) is 4. The molecule has 4 N–H and O–H groups in total. The maximum Gasteiger partial charge on any atom is 0.323 e. The quantitative estimate of drug-likeness (QED) is 0.351. The summed E-state index contributed by atoms with van der Waals surface area (Å²) in [6.45, 7) is 9.19. The van der Waals surface area contributed by atoms with E-state index in [4.69, 9.17) is 4.74 Å². The Morgan fingerprint density at radius 3 is 2.20 bits per heavy atom. The minimum absolute atomic E-state index is 0.0495. The monoisotopic (exact) mass is 419 g/mol. The number of benzene rings is 1. The van der Waals surface area contributed by atoms with Crippen molar-refractivity contribution in [3.05, 3.63) is 35.9 Å². The zero-order chi connectivity index (χ0) is 21.4. The van der Waals surface area contributed by atoms with Gasteiger partial charge in [0.1, 0.15) is 12.6 Å². The van der Waals surface area contributed by atoms with Gasteiger partial charge in [0.2, 0.25) is 5.91 Å². The predicted octanol–water partition coefficient (Wildman–Crippen LogP) is 0.0991. The maximum atomic E-state index is 13.0. The fourth-order valence-electron chi connectivity index (χ4n) is 3.43. The first-order chi connectivity index (χ1) is 14.7. The molecule has 1 aromatic carbocycles. The molecule has 0 radical (unpaired) electrons. The van der Waals surface area contributed by atoms with Gasteiger partial charge >= 0.3 is 5.97 Å². The maximum absolute atomic E-state index is 13.0. The molecule has 8 heteroatoms. The average molecular weight is 420 g/mol. The lowest BCUT2D eigenvalue weighted by atomic mass is 10.1. The number of nitrogens with one attached hydrogen (secondary N) is 4. The van der Waals surface area contributed by atoms with Gasteiger partial charge in [0.05, 0.1) is 0 Å². The summed E-state index contributed by atoms with van der Waals surface area (Å²) in [4.78, 5) is 26.4. The summed E-state index contributed by atoms with van der Waals surface area (Å²) in [5.41, 5.74) is 0.979. The van der Waals surface area contributed by atoms with Crippen LogP contribution in [0.1, 0.15) is 25.3 Å². The highest BCUT2D eigenvalue weighted by Gasteiger charge is 2.26. The van der Waals surface area contributed by atoms with Crippen LogP contribution in [0.5, 0.6) is 0 Å². The number of esters is 1. The van der Waals surface area contributed by atoms with Gasteiger partial charge in [0, 0.05) is 65.8 Å². The molecule has 8 nitrogen and oxygen atoms in total. The Morgan fingerprint density at radius 2 is 1.60 bits per heavy atom. The van der Waals surface area contributed by atoms with Crippen molar-refractivity contribution in [3.8, 4) is 0 Å². The van der Waals surface area contributed by atoms with Crippen LogP contribution < -0.4 is 21.3 Å². The number of hydrogen-bond acceptors (Lipinski definition) is 7. The van der Waals surface area contributed by atoms with E-state index >= 15 is 0 Å². The van der Waals surface area contributed by atoms with E-state index in [2.05, 4.69) is 26.2 Å². The molecule has 0 bridgehead atoms. The Hall–Kier alpha value is -2.00. The molecule has 1 saturated heterocycles. The molecule has 0 aliphatic carbocycles. The first-order valence-electron chi connectivity index (χ1n) is 11.0. The SMILES string of the molecule is CC(=O)NCCCC(C(=O)OCc1ccccc1)N1CCNCCNCCNCC1. The number of ether oxygens (including phenoxy) is 1. The molecule has 168 valence electrons. The van der Waals surface area contributed by atoms with Crippen molar-refractivity contribution in [2.24, 2.45) is 0 Å². The van der Waals surface area contributed by atoms with Crippen LogP contribution in [0.3, 0.4) is 0 Å². The lowest BCUT2D eigenvalue weighted by Gasteiger charge is -2.31. The van der Waals surface area contributed by atoms with Crippen LogP contribution in [0.2, 0.25) is 0 Å². The smallest absolute Gasteiger partial charge is 0.323 e. The van der Waals surface area contributed by atoms with Crippen molar-refractivity contribution in [3.63, 3.8) is 0 Å². The van der Waals surface area contributed by atoms with Crippen LogP contribution in [-0.2, 0) is 20.9 Å². The van der Waals surface area contributed by atoms with Gasteiger partial charge in [-0.3, -0.25) is 14.5 Å². The minimum atomic E-state index is -0.327. The second-order valence-corrected chi connectivity index (χ2v) is 7.52. The molecule has 1 heterocycles. The Labute approximate surface area is 180 Å². The largest absolute Gasteiger partial charge is 0.460 e. The summed E-state index contributed by atoms with van der Waals surface area (Å²) < 4.78 is 5.68. The number of carbonyl (C=O) groups excluding carboxylic acids is 2. The Balaban J connectivity index is 1.97. The van der Waals surface area contributed by atoms with Gasteiger partial charge in [0.25, 0.3) is 0 Å². The fourth-order valence-corrected chi connectivity index (χ4v) is 3.43. The second-order valence-electron chi connectivity index (χ2n) is 7.52. The number of carbonyl (C=O) groups is 2. The first kappa shape index (κ1) is 24.3. The highest BCUT2D eigenvalue weighted by atomic mass is 16.5. The molecule has 0 saturated carbocycles. The van der Waals surface area contributed by atoms with E-state index in [-0.39, 0.29) is 24.5 Å². The van der Waals surface area contributed by atoms with E-state index in [1.54, 1.807) is 0 Å². The van der Waals surface area contributed by atoms with Crippen LogP contribution in [0.4, 0.5) is 0 Å². The van der Waals surface area contributed by atoms with Crippen LogP contribution in [0, 0.1) is 0 Å². The van der Waals surface area contributed by atoms with Crippen LogP contribution >= 0.6 is 0 Å². The molecule has 1 unspecified atom stereocenters. The summed E-state index contributed by atoms with van der Waals surface area (Å²) in [6, 6.07) is 9.41. The summed E-state index contributed by atoms with van der Waals surface area (Å²) in [5.74, 6) is -0.248. The average Bonchev–Trinajstić information content (AvgIpc) is 2.73. The zero-order valence-corrected chi connectivity index (χ0v) is 18.1. The lowest BCUT2D eigenvalue weighted by molar-refractivity contribution is -0.151. The fraction of sp³-hybridized carbons (Fsp3) is 0.636. The third-order valence-electron chi connectivity index (χ3n) is 5.07. The van der Waals surface area contributed by atoms with E-state index in [1.807, 2.05) is 30.3 Å². The van der Waals surface area contributed by atoms with E-state index in [0.29, 0.717) is 13.0 Å². The van der Waals surface area contributed by atoms with Crippen molar-refractivity contribution >= 4 is 11.9 Å². The third-order valence-corrected chi connectivity index (χ3v) is 5.07. The molecule has 1 atom stereocenters. The van der Waals surface area contributed by atoms with Gasteiger partial charge in [-0.1, -0.05) is 30.3 Å². The lowest BCUT2D eigenvalue weighted by Crippen LogP contribution is -2.49. The second kappa shape index (κ2) is 14.9. The molecule has 1 aliphatic heterocycles. The highest BCUT2D eigenvalue weighted by molar-refractivity contribution is 5.76. The number of rotatable bonds is 8. The van der Waals surface area contributed by atoms with Crippen molar-refractivity contribution in [2.45, 2.75) is 32.4 Å². The Morgan fingerprint density at radius 1 is 1.00 bits per heavy atom. The van der Waals surface area contributed by atoms with Crippen molar-refractivity contribution in [1.29, 1.82) is 0 Å². The molecule has 0 aromatic heterocycles. The molecular weight excluding hydrogens is 382 g/mol. The first-order valence-corrected chi connectivity index (χ1v) is 11.0. The Kier molecular flexibility index (Phi) is 12.1. The molecular formula is C22H37N5O3. The molecule has 2 rings (SSSR count). The van der Waals surface area contributed by atoms with Crippen molar-refractivity contribution in [2.75, 3.05) is 58.9 Å². The zero-order valence-electron chi connectivity index (χ0n) is 18.1. The molecule has 1 aliphatic rings. The van der Waals surface area contributed by atoms with E-state index in [1.165, 1.54) is 6.92 Å². The van der Waals surface area contributed by atoms with E-state index in [9.17, 15) is 9.59 Å². The summed E-state index contributed by atoms with van der Waals surface area (Å²) in [6.07, 6.45) is 1.38. The topological polar surface area (TPSA) is 94.7 Å². The standard InChI is InChI=1S/C22H37N5O3/c1-19(28)26-9-5-8-21(22(29)30-18-20-6-3-2-4-7-20)27-16-14-24-12-10-23-11-13-25-15-17-27/h2-4,6-7,21,23-25H,5,8-18H2,1H3,(H,26,28). The predicted molar refractivity (Wildman–Crippen MR) is 118 cm³/mol. The van der Waals surface area contributed by atoms with Gasteiger partial charge in [-0.15, -0.1) is 0 Å². The van der Waals surface area contributed by atoms with Crippen LogP contribution in [0.15, 0.2) is 30.3 Å². The third kappa shape index (κ3) is 10.2. The molecule has 1 amide bonds. The molecule has 1 fully saturated rings. The number of amides is 1. The van der Waals surface area contributed by atoms with Crippen LogP contribution in [-0.4, -0.2) is 81.7 Å². The highest BCUT2D eigenvalue weighted by Crippen LogP contribution is 2.11. The van der Waals surface area contributed by atoms with Gasteiger partial charge in [0.15, 0.2) is 0 Å². The van der Waals surface area contributed by atoms with Gasteiger partial charge in [-0.05, 0) is 18.4 Å². The van der Waals surface area contributed by atoms with Crippen LogP contribution in [0.25, 0.3) is 0 Å². The Bertz CT molecular complexity index is 602. The molecule has 1 aromatic rings. The minimum Gasteiger partial charge on any atom is -0.460 e. The molecule has 30 heavy (non-hydrogen) atoms. The summed E-state index contributed by atoms with van der Waals surface area (Å²) in [5, 5.41) is 13.1. The summed E-state index contributed by atoms with van der Waals surface area (Å²) >= 11 is 0. The number of nitrogens with zero attached hydrogens (tertiary/aromatic N) is 1.